The lowest BCUT2D eigenvalue weighted by Crippen LogP contribution is -2.16. The minimum atomic E-state index is -0.982. The van der Waals surface area contributed by atoms with Crippen LogP contribution in [0.1, 0.15) is 20.3 Å². The van der Waals surface area contributed by atoms with Crippen LogP contribution in [0.25, 0.3) is 0 Å². The van der Waals surface area contributed by atoms with E-state index in [1.807, 2.05) is 0 Å². The van der Waals surface area contributed by atoms with Crippen LogP contribution in [-0.2, 0) is 4.79 Å². The molecule has 0 atom stereocenters. The molecule has 0 fully saturated rings. The Bertz CT molecular complexity index is 141. The largest absolute Gasteiger partial charge is 0.478 e. The molecule has 0 rings (SSSR count). The van der Waals surface area contributed by atoms with Crippen molar-refractivity contribution in [2.75, 3.05) is 0 Å². The molecule has 0 aromatic carbocycles. The van der Waals surface area contributed by atoms with Crippen LogP contribution >= 0.6 is 0 Å². The number of hydrogen-bond donors (Lipinski definition) is 2. The summed E-state index contributed by atoms with van der Waals surface area (Å²) in [7, 11) is 0. The second-order valence-electron chi connectivity index (χ2n) is 2.76. The lowest BCUT2D eigenvalue weighted by atomic mass is 10.1. The van der Waals surface area contributed by atoms with Gasteiger partial charge in [0.25, 0.3) is 0 Å². The summed E-state index contributed by atoms with van der Waals surface area (Å²) < 4.78 is 0. The van der Waals surface area contributed by atoms with Gasteiger partial charge in [0.1, 0.15) is 0 Å². The zero-order valence-corrected chi connectivity index (χ0v) is 6.16. The maximum atomic E-state index is 9.92. The minimum absolute atomic E-state index is 0.360. The maximum absolute atomic E-state index is 9.92. The van der Waals surface area contributed by atoms with Crippen molar-refractivity contribution in [2.45, 2.75) is 25.9 Å². The van der Waals surface area contributed by atoms with Gasteiger partial charge in [0, 0.05) is 6.08 Å². The van der Waals surface area contributed by atoms with E-state index in [0.29, 0.717) is 6.42 Å². The van der Waals surface area contributed by atoms with Gasteiger partial charge in [-0.05, 0) is 20.3 Å². The van der Waals surface area contributed by atoms with E-state index < -0.39 is 11.6 Å². The first kappa shape index (κ1) is 9.17. The van der Waals surface area contributed by atoms with Crippen molar-refractivity contribution in [2.24, 2.45) is 0 Å². The summed E-state index contributed by atoms with van der Waals surface area (Å²) in [4.78, 5) is 9.92. The third kappa shape index (κ3) is 7.17. The van der Waals surface area contributed by atoms with Crippen LogP contribution < -0.4 is 0 Å². The first-order valence-electron chi connectivity index (χ1n) is 3.04. The molecule has 3 heteroatoms. The average molecular weight is 144 g/mol. The Kier molecular flexibility index (Phi) is 3.09. The van der Waals surface area contributed by atoms with Gasteiger partial charge in [0.2, 0.25) is 0 Å². The van der Waals surface area contributed by atoms with E-state index in [-0.39, 0.29) is 0 Å². The molecular weight excluding hydrogens is 132 g/mol. The standard InChI is InChI=1S/C7H12O3/c1-7(2,10)5-3-4-6(8)9/h3-4,10H,5H2,1-2H3,(H,8,9)/b4-3+. The molecule has 0 aliphatic carbocycles. The summed E-state index contributed by atoms with van der Waals surface area (Å²) in [5.74, 6) is -0.982. The molecule has 2 N–H and O–H groups in total. The van der Waals surface area contributed by atoms with Gasteiger partial charge < -0.3 is 10.2 Å². The summed E-state index contributed by atoms with van der Waals surface area (Å²) in [6.07, 6.45) is 2.82. The van der Waals surface area contributed by atoms with E-state index in [4.69, 9.17) is 10.2 Å². The Labute approximate surface area is 60.0 Å². The van der Waals surface area contributed by atoms with Gasteiger partial charge in [-0.25, -0.2) is 4.79 Å². The van der Waals surface area contributed by atoms with E-state index in [9.17, 15) is 4.79 Å². The topological polar surface area (TPSA) is 57.5 Å². The van der Waals surface area contributed by atoms with E-state index in [0.717, 1.165) is 6.08 Å². The van der Waals surface area contributed by atoms with Crippen molar-refractivity contribution in [3.63, 3.8) is 0 Å². The van der Waals surface area contributed by atoms with Crippen LogP contribution in [0.3, 0.4) is 0 Å². The molecule has 10 heavy (non-hydrogen) atoms. The smallest absolute Gasteiger partial charge is 0.327 e. The molecule has 0 unspecified atom stereocenters. The first-order valence-corrected chi connectivity index (χ1v) is 3.04. The molecule has 58 valence electrons. The van der Waals surface area contributed by atoms with Crippen molar-refractivity contribution < 1.29 is 15.0 Å². The van der Waals surface area contributed by atoms with Gasteiger partial charge >= 0.3 is 5.97 Å². The van der Waals surface area contributed by atoms with Crippen LogP contribution in [0.5, 0.6) is 0 Å². The van der Waals surface area contributed by atoms with Crippen molar-refractivity contribution >= 4 is 5.97 Å². The van der Waals surface area contributed by atoms with Gasteiger partial charge in [-0.1, -0.05) is 6.08 Å². The number of carbonyl (C=O) groups is 1. The molecule has 0 radical (unpaired) electrons. The Morgan fingerprint density at radius 3 is 2.40 bits per heavy atom. The predicted molar refractivity (Wildman–Crippen MR) is 37.7 cm³/mol. The van der Waals surface area contributed by atoms with Gasteiger partial charge in [-0.2, -0.15) is 0 Å². The van der Waals surface area contributed by atoms with Gasteiger partial charge in [-0.15, -0.1) is 0 Å². The Balaban J connectivity index is 3.64. The van der Waals surface area contributed by atoms with E-state index in [1.54, 1.807) is 13.8 Å². The number of aliphatic hydroxyl groups is 1. The van der Waals surface area contributed by atoms with Crippen molar-refractivity contribution in [3.8, 4) is 0 Å². The molecule has 0 spiro atoms. The highest BCUT2D eigenvalue weighted by Crippen LogP contribution is 2.06. The molecule has 0 aliphatic heterocycles. The molecule has 3 nitrogen and oxygen atoms in total. The Hall–Kier alpha value is -0.830. The molecule has 0 aromatic heterocycles. The fraction of sp³-hybridized carbons (Fsp3) is 0.571. The fourth-order valence-electron chi connectivity index (χ4n) is 0.448. The number of carboxylic acid groups (broad SMARTS) is 1. The number of hydrogen-bond acceptors (Lipinski definition) is 2. The average Bonchev–Trinajstić information content (AvgIpc) is 1.59. The summed E-state index contributed by atoms with van der Waals surface area (Å²) in [5, 5.41) is 17.2. The molecular formula is C7H12O3. The molecule has 0 saturated carbocycles. The highest BCUT2D eigenvalue weighted by Gasteiger charge is 2.08. The minimum Gasteiger partial charge on any atom is -0.478 e. The zero-order chi connectivity index (χ0) is 8.20. The van der Waals surface area contributed by atoms with Crippen molar-refractivity contribution in [1.29, 1.82) is 0 Å². The van der Waals surface area contributed by atoms with Gasteiger partial charge in [0.15, 0.2) is 0 Å². The monoisotopic (exact) mass is 144 g/mol. The van der Waals surface area contributed by atoms with Crippen LogP contribution in [0, 0.1) is 0 Å². The lowest BCUT2D eigenvalue weighted by Gasteiger charge is -2.12. The Morgan fingerprint density at radius 2 is 2.10 bits per heavy atom. The molecule has 0 aliphatic rings. The summed E-state index contributed by atoms with van der Waals surface area (Å²) in [6, 6.07) is 0. The molecule has 0 bridgehead atoms. The molecule has 0 amide bonds. The second-order valence-corrected chi connectivity index (χ2v) is 2.76. The van der Waals surface area contributed by atoms with Crippen LogP contribution in [0.4, 0.5) is 0 Å². The highest BCUT2D eigenvalue weighted by atomic mass is 16.4. The lowest BCUT2D eigenvalue weighted by molar-refractivity contribution is -0.131. The third-order valence-electron chi connectivity index (χ3n) is 0.878. The van der Waals surface area contributed by atoms with Crippen molar-refractivity contribution in [1.82, 2.24) is 0 Å². The number of rotatable bonds is 3. The fourth-order valence-corrected chi connectivity index (χ4v) is 0.448. The van der Waals surface area contributed by atoms with Gasteiger partial charge in [0.05, 0.1) is 5.60 Å². The van der Waals surface area contributed by atoms with Crippen LogP contribution in [0.2, 0.25) is 0 Å². The molecule has 0 heterocycles. The number of carboxylic acids is 1. The third-order valence-corrected chi connectivity index (χ3v) is 0.878. The second kappa shape index (κ2) is 3.37. The van der Waals surface area contributed by atoms with Crippen LogP contribution in [0.15, 0.2) is 12.2 Å². The molecule has 0 saturated heterocycles. The zero-order valence-electron chi connectivity index (χ0n) is 6.16. The van der Waals surface area contributed by atoms with E-state index in [2.05, 4.69) is 0 Å². The Morgan fingerprint density at radius 1 is 1.60 bits per heavy atom. The highest BCUT2D eigenvalue weighted by molar-refractivity contribution is 5.79. The van der Waals surface area contributed by atoms with Crippen molar-refractivity contribution in [3.05, 3.63) is 12.2 Å². The molecule has 0 aromatic rings. The normalized spacial score (nSPS) is 12.3. The quantitative estimate of drug-likeness (QED) is 0.576. The predicted octanol–water partition coefficient (Wildman–Crippen LogP) is 0.788. The van der Waals surface area contributed by atoms with Crippen LogP contribution in [-0.4, -0.2) is 21.8 Å². The first-order chi connectivity index (χ1) is 4.42. The SMILES string of the molecule is CC(C)(O)C/C=C/C(=O)O. The summed E-state index contributed by atoms with van der Waals surface area (Å²) in [6.45, 7) is 3.25. The maximum Gasteiger partial charge on any atom is 0.327 e. The summed E-state index contributed by atoms with van der Waals surface area (Å²) in [5.41, 5.74) is -0.814. The number of aliphatic carboxylic acids is 1. The van der Waals surface area contributed by atoms with E-state index in [1.165, 1.54) is 6.08 Å². The van der Waals surface area contributed by atoms with Gasteiger partial charge in [-0.3, -0.25) is 0 Å². The van der Waals surface area contributed by atoms with E-state index >= 15 is 0 Å². The summed E-state index contributed by atoms with van der Waals surface area (Å²) >= 11 is 0.